The standard InChI is InChI=1S/C18H20ClN2O5P/c1-11-15(18(22)25-3)16(13-7-4-5-8-14(13)19)17(12(2)21-11)27(23,24)26-10-6-9-20/h4-5,7-8,16,21H,6,10H2,1-3H3,(H,23,24). The number of methoxy groups -OCH3 is 1. The molecule has 0 bridgehead atoms. The lowest BCUT2D eigenvalue weighted by molar-refractivity contribution is -0.136. The summed E-state index contributed by atoms with van der Waals surface area (Å²) >= 11 is 6.34. The number of nitrogens with one attached hydrogen (secondary N) is 1. The van der Waals surface area contributed by atoms with Gasteiger partial charge >= 0.3 is 13.6 Å². The lowest BCUT2D eigenvalue weighted by Gasteiger charge is -2.33. The van der Waals surface area contributed by atoms with Gasteiger partial charge in [-0.2, -0.15) is 5.26 Å². The first-order valence-electron chi connectivity index (χ1n) is 8.10. The van der Waals surface area contributed by atoms with Gasteiger partial charge in [0, 0.05) is 16.4 Å². The van der Waals surface area contributed by atoms with Crippen LogP contribution in [0.25, 0.3) is 0 Å². The van der Waals surface area contributed by atoms with Gasteiger partial charge < -0.3 is 19.5 Å². The van der Waals surface area contributed by atoms with Crippen molar-refractivity contribution < 1.29 is 23.5 Å². The van der Waals surface area contributed by atoms with Crippen LogP contribution in [0, 0.1) is 11.3 Å². The second kappa shape index (κ2) is 8.73. The van der Waals surface area contributed by atoms with Gasteiger partial charge in [0.15, 0.2) is 0 Å². The average Bonchev–Trinajstić information content (AvgIpc) is 2.60. The summed E-state index contributed by atoms with van der Waals surface area (Å²) in [5.41, 5.74) is 1.52. The summed E-state index contributed by atoms with van der Waals surface area (Å²) in [6.45, 7) is 3.08. The van der Waals surface area contributed by atoms with E-state index in [1.165, 1.54) is 7.11 Å². The van der Waals surface area contributed by atoms with Crippen LogP contribution in [0.15, 0.2) is 46.5 Å². The Hall–Kier alpha value is -2.10. The third-order valence-electron chi connectivity index (χ3n) is 4.13. The average molecular weight is 411 g/mol. The van der Waals surface area contributed by atoms with Gasteiger partial charge in [-0.15, -0.1) is 0 Å². The van der Waals surface area contributed by atoms with Crippen LogP contribution in [-0.4, -0.2) is 24.6 Å². The fourth-order valence-electron chi connectivity index (χ4n) is 3.03. The van der Waals surface area contributed by atoms with Crippen LogP contribution in [0.3, 0.4) is 0 Å². The van der Waals surface area contributed by atoms with Gasteiger partial charge in [0.05, 0.1) is 43.0 Å². The van der Waals surface area contributed by atoms with Gasteiger partial charge in [-0.3, -0.25) is 4.57 Å². The van der Waals surface area contributed by atoms with E-state index in [-0.39, 0.29) is 23.9 Å². The van der Waals surface area contributed by atoms with Crippen LogP contribution < -0.4 is 5.32 Å². The molecule has 1 aliphatic heterocycles. The summed E-state index contributed by atoms with van der Waals surface area (Å²) in [6.07, 6.45) is -0.0419. The third-order valence-corrected chi connectivity index (χ3v) is 6.21. The molecule has 27 heavy (non-hydrogen) atoms. The lowest BCUT2D eigenvalue weighted by Crippen LogP contribution is -2.29. The van der Waals surface area contributed by atoms with E-state index in [0.717, 1.165) is 0 Å². The van der Waals surface area contributed by atoms with E-state index >= 15 is 0 Å². The van der Waals surface area contributed by atoms with E-state index in [4.69, 9.17) is 26.1 Å². The van der Waals surface area contributed by atoms with Crippen molar-refractivity contribution in [3.63, 3.8) is 0 Å². The minimum atomic E-state index is -4.34. The molecular weight excluding hydrogens is 391 g/mol. The lowest BCUT2D eigenvalue weighted by atomic mass is 9.86. The largest absolute Gasteiger partial charge is 0.466 e. The van der Waals surface area contributed by atoms with Gasteiger partial charge in [-0.05, 0) is 25.5 Å². The molecular formula is C18H20ClN2O5P. The minimum absolute atomic E-state index is 0.000426. The van der Waals surface area contributed by atoms with E-state index in [0.29, 0.717) is 22.0 Å². The second-order valence-electron chi connectivity index (χ2n) is 5.88. The third kappa shape index (κ3) is 4.42. The maximum absolute atomic E-state index is 13.0. The number of hydrogen-bond donors (Lipinski definition) is 2. The Morgan fingerprint density at radius 1 is 1.37 bits per heavy atom. The molecule has 2 rings (SSSR count). The Balaban J connectivity index is 2.67. The number of carbonyl (C=O) groups excluding carboxylic acids is 1. The van der Waals surface area contributed by atoms with Crippen molar-refractivity contribution in [3.8, 4) is 6.07 Å². The Kier molecular flexibility index (Phi) is 6.85. The number of allylic oxidation sites excluding steroid dienone is 3. The van der Waals surface area contributed by atoms with E-state index in [1.54, 1.807) is 38.1 Å². The fourth-order valence-corrected chi connectivity index (χ4v) is 4.83. The van der Waals surface area contributed by atoms with Crippen molar-refractivity contribution in [2.24, 2.45) is 0 Å². The molecule has 0 saturated carbocycles. The monoisotopic (exact) mass is 410 g/mol. The van der Waals surface area contributed by atoms with Crippen LogP contribution in [0.5, 0.6) is 0 Å². The molecule has 9 heteroatoms. The number of benzene rings is 1. The Morgan fingerprint density at radius 3 is 2.63 bits per heavy atom. The van der Waals surface area contributed by atoms with Gasteiger partial charge in [-0.1, -0.05) is 29.8 Å². The van der Waals surface area contributed by atoms with E-state index < -0.39 is 19.5 Å². The van der Waals surface area contributed by atoms with Crippen LogP contribution >= 0.6 is 19.2 Å². The summed E-state index contributed by atoms with van der Waals surface area (Å²) < 4.78 is 23.1. The SMILES string of the molecule is COC(=O)C1=C(C)NC(C)=C(P(=O)(O)OCCC#N)C1c1ccccc1Cl. The second-order valence-corrected chi connectivity index (χ2v) is 8.07. The Morgan fingerprint density at radius 2 is 2.04 bits per heavy atom. The van der Waals surface area contributed by atoms with Gasteiger partial charge in [0.1, 0.15) is 0 Å². The number of halogens is 1. The number of esters is 1. The number of dihydropyridines is 1. The van der Waals surface area contributed by atoms with Gasteiger partial charge in [0.2, 0.25) is 0 Å². The molecule has 0 fully saturated rings. The first-order chi connectivity index (χ1) is 12.7. The molecule has 0 amide bonds. The highest BCUT2D eigenvalue weighted by Crippen LogP contribution is 2.61. The molecule has 0 aliphatic carbocycles. The molecule has 2 unspecified atom stereocenters. The molecule has 0 spiro atoms. The van der Waals surface area contributed by atoms with Crippen molar-refractivity contribution in [2.75, 3.05) is 13.7 Å². The Bertz CT molecular complexity index is 903. The number of rotatable bonds is 6. The molecule has 0 radical (unpaired) electrons. The first-order valence-corrected chi connectivity index (χ1v) is 10.1. The summed E-state index contributed by atoms with van der Waals surface area (Å²) in [5.74, 6) is -1.57. The van der Waals surface area contributed by atoms with Crippen molar-refractivity contribution >= 4 is 25.2 Å². The molecule has 0 aromatic heterocycles. The molecule has 1 aromatic rings. The van der Waals surface area contributed by atoms with Crippen LogP contribution in [-0.2, 0) is 18.6 Å². The molecule has 144 valence electrons. The summed E-state index contributed by atoms with van der Waals surface area (Å²) in [4.78, 5) is 23.1. The number of ether oxygens (including phenoxy) is 1. The number of nitriles is 1. The van der Waals surface area contributed by atoms with E-state index in [1.807, 2.05) is 6.07 Å². The maximum atomic E-state index is 13.0. The predicted molar refractivity (Wildman–Crippen MR) is 101 cm³/mol. The van der Waals surface area contributed by atoms with Crippen molar-refractivity contribution in [2.45, 2.75) is 26.2 Å². The van der Waals surface area contributed by atoms with E-state index in [9.17, 15) is 14.3 Å². The quantitative estimate of drug-likeness (QED) is 0.417. The van der Waals surface area contributed by atoms with Crippen LogP contribution in [0.2, 0.25) is 5.02 Å². The summed E-state index contributed by atoms with van der Waals surface area (Å²) in [7, 11) is -3.11. The van der Waals surface area contributed by atoms with Crippen molar-refractivity contribution in [1.82, 2.24) is 5.32 Å². The highest BCUT2D eigenvalue weighted by Gasteiger charge is 2.43. The molecule has 1 heterocycles. The smallest absolute Gasteiger partial charge is 0.357 e. The van der Waals surface area contributed by atoms with E-state index in [2.05, 4.69) is 5.32 Å². The zero-order chi connectivity index (χ0) is 20.2. The first kappa shape index (κ1) is 21.2. The molecule has 1 aromatic carbocycles. The summed E-state index contributed by atoms with van der Waals surface area (Å²) in [5, 5.41) is 11.9. The topological polar surface area (TPSA) is 109 Å². The molecule has 2 atom stereocenters. The highest BCUT2D eigenvalue weighted by molar-refractivity contribution is 7.57. The molecule has 0 saturated heterocycles. The minimum Gasteiger partial charge on any atom is -0.466 e. The zero-order valence-corrected chi connectivity index (χ0v) is 16.8. The van der Waals surface area contributed by atoms with Crippen LogP contribution in [0.1, 0.15) is 31.7 Å². The van der Waals surface area contributed by atoms with Crippen molar-refractivity contribution in [3.05, 3.63) is 57.1 Å². The fraction of sp³-hybridized carbons (Fsp3) is 0.333. The molecule has 2 N–H and O–H groups in total. The highest BCUT2D eigenvalue weighted by atomic mass is 35.5. The predicted octanol–water partition coefficient (Wildman–Crippen LogP) is 3.82. The maximum Gasteiger partial charge on any atom is 0.357 e. The number of hydrogen-bond acceptors (Lipinski definition) is 6. The zero-order valence-electron chi connectivity index (χ0n) is 15.2. The number of carbonyl (C=O) groups is 1. The van der Waals surface area contributed by atoms with Crippen molar-refractivity contribution in [1.29, 1.82) is 5.26 Å². The van der Waals surface area contributed by atoms with Crippen LogP contribution in [0.4, 0.5) is 0 Å². The number of nitrogens with zero attached hydrogens (tertiary/aromatic N) is 1. The Labute approximate surface area is 162 Å². The van der Waals surface area contributed by atoms with Gasteiger partial charge in [0.25, 0.3) is 0 Å². The molecule has 1 aliphatic rings. The summed E-state index contributed by atoms with van der Waals surface area (Å²) in [6, 6.07) is 8.61. The van der Waals surface area contributed by atoms with Gasteiger partial charge in [-0.25, -0.2) is 4.79 Å². The normalized spacial score (nSPS) is 19.2. The molecule has 7 nitrogen and oxygen atoms in total.